The molecule has 1 aliphatic heterocycles. The van der Waals surface area contributed by atoms with Crippen molar-refractivity contribution in [3.63, 3.8) is 0 Å². The molecule has 0 fully saturated rings. The Balaban J connectivity index is 2.07. The molecular weight excluding hydrogens is 428 g/mol. The summed E-state index contributed by atoms with van der Waals surface area (Å²) in [7, 11) is 3.30. The predicted octanol–water partition coefficient (Wildman–Crippen LogP) is 4.02. The van der Waals surface area contributed by atoms with Gasteiger partial charge in [0.15, 0.2) is 11.5 Å². The molecule has 182 valence electrons. The van der Waals surface area contributed by atoms with Crippen molar-refractivity contribution in [3.05, 3.63) is 70.0 Å². The predicted molar refractivity (Wildman–Crippen MR) is 137 cm³/mol. The summed E-state index contributed by atoms with van der Waals surface area (Å²) >= 11 is 0. The first kappa shape index (κ1) is 25.3. The Labute approximate surface area is 202 Å². The van der Waals surface area contributed by atoms with Crippen molar-refractivity contribution in [3.8, 4) is 11.5 Å². The van der Waals surface area contributed by atoms with Crippen LogP contribution in [-0.4, -0.2) is 62.8 Å². The van der Waals surface area contributed by atoms with E-state index in [4.69, 9.17) is 15.2 Å². The molecule has 0 radical (unpaired) electrons. The Morgan fingerprint density at radius 3 is 2.32 bits per heavy atom. The van der Waals surface area contributed by atoms with Crippen LogP contribution in [0.3, 0.4) is 0 Å². The molecule has 0 bridgehead atoms. The van der Waals surface area contributed by atoms with E-state index in [0.29, 0.717) is 36.6 Å². The molecule has 34 heavy (non-hydrogen) atoms. The van der Waals surface area contributed by atoms with Crippen molar-refractivity contribution in [2.45, 2.75) is 33.2 Å². The van der Waals surface area contributed by atoms with Gasteiger partial charge in [0.05, 0.1) is 26.0 Å². The van der Waals surface area contributed by atoms with Gasteiger partial charge >= 0.3 is 0 Å². The van der Waals surface area contributed by atoms with Gasteiger partial charge in [-0.25, -0.2) is 0 Å². The molecule has 0 saturated heterocycles. The third kappa shape index (κ3) is 5.09. The second-order valence-corrected chi connectivity index (χ2v) is 8.40. The monoisotopic (exact) mass is 464 g/mol. The van der Waals surface area contributed by atoms with Crippen LogP contribution in [0, 0.1) is 0 Å². The van der Waals surface area contributed by atoms with Crippen LogP contribution in [0.2, 0.25) is 0 Å². The molecule has 2 N–H and O–H groups in total. The van der Waals surface area contributed by atoms with Crippen molar-refractivity contribution in [2.75, 3.05) is 40.4 Å². The second kappa shape index (κ2) is 11.2. The third-order valence-corrected chi connectivity index (χ3v) is 6.57. The highest BCUT2D eigenvalue weighted by atomic mass is 16.5. The smallest absolute Gasteiger partial charge is 0.253 e. The fraction of sp³-hybridized carbons (Fsp3) is 0.407. The van der Waals surface area contributed by atoms with Gasteiger partial charge in [-0.05, 0) is 74.9 Å². The van der Waals surface area contributed by atoms with Crippen LogP contribution in [0.25, 0.3) is 0 Å². The normalized spacial score (nSPS) is 16.3. The maximum absolute atomic E-state index is 12.8. The highest BCUT2D eigenvalue weighted by Gasteiger charge is 2.31. The molecule has 1 aliphatic rings. The standard InChI is InChI=1S/C27H36N4O3/c1-7-30(8-2)27(32)20-11-9-19(10-12-20)26-22-16-25(34-6)24(33-5)15-21(22)13-14-31(26)17-23(28)18(3)29-4/h9-12,15-16,26H,4,7-8,13-14,17,28H2,1-3,5-6H3/b23-18-. The fourth-order valence-electron chi connectivity index (χ4n) is 4.49. The molecule has 1 heterocycles. The summed E-state index contributed by atoms with van der Waals surface area (Å²) in [6.07, 6.45) is 0.860. The number of allylic oxidation sites excluding steroid dienone is 1. The average Bonchev–Trinajstić information content (AvgIpc) is 2.87. The minimum atomic E-state index is -0.0580. The fourth-order valence-corrected chi connectivity index (χ4v) is 4.49. The molecule has 7 heteroatoms. The summed E-state index contributed by atoms with van der Waals surface area (Å²) in [6, 6.07) is 12.0. The number of carbonyl (C=O) groups is 1. The first-order chi connectivity index (χ1) is 16.4. The van der Waals surface area contributed by atoms with E-state index in [0.717, 1.165) is 35.5 Å². The third-order valence-electron chi connectivity index (χ3n) is 6.57. The number of rotatable bonds is 9. The molecule has 1 unspecified atom stereocenters. The molecular formula is C27H36N4O3. The van der Waals surface area contributed by atoms with Crippen LogP contribution < -0.4 is 15.2 Å². The van der Waals surface area contributed by atoms with E-state index in [9.17, 15) is 4.79 Å². The minimum absolute atomic E-state index is 0.0451. The molecule has 7 nitrogen and oxygen atoms in total. The zero-order valence-electron chi connectivity index (χ0n) is 20.9. The van der Waals surface area contributed by atoms with Crippen LogP contribution >= 0.6 is 0 Å². The maximum Gasteiger partial charge on any atom is 0.253 e. The van der Waals surface area contributed by atoms with E-state index in [1.54, 1.807) is 14.2 Å². The summed E-state index contributed by atoms with van der Waals surface area (Å²) in [6.45, 7) is 12.2. The first-order valence-electron chi connectivity index (χ1n) is 11.7. The van der Waals surface area contributed by atoms with Crippen LogP contribution in [0.5, 0.6) is 11.5 Å². The van der Waals surface area contributed by atoms with Crippen molar-refractivity contribution in [1.82, 2.24) is 9.80 Å². The highest BCUT2D eigenvalue weighted by molar-refractivity contribution is 5.94. The number of amides is 1. The number of fused-ring (bicyclic) bond motifs is 1. The quantitative estimate of drug-likeness (QED) is 0.567. The number of carbonyl (C=O) groups excluding carboxylic acids is 1. The van der Waals surface area contributed by atoms with Crippen molar-refractivity contribution >= 4 is 12.6 Å². The van der Waals surface area contributed by atoms with Gasteiger partial charge in [0.2, 0.25) is 0 Å². The lowest BCUT2D eigenvalue weighted by Crippen LogP contribution is -2.39. The Morgan fingerprint density at radius 2 is 1.76 bits per heavy atom. The van der Waals surface area contributed by atoms with Gasteiger partial charge in [-0.3, -0.25) is 14.7 Å². The van der Waals surface area contributed by atoms with Gasteiger partial charge in [0.1, 0.15) is 0 Å². The van der Waals surface area contributed by atoms with E-state index >= 15 is 0 Å². The van der Waals surface area contributed by atoms with Gasteiger partial charge in [0, 0.05) is 37.4 Å². The Kier molecular flexibility index (Phi) is 8.34. The molecule has 2 aromatic carbocycles. The number of nitrogens with two attached hydrogens (primary N) is 1. The summed E-state index contributed by atoms with van der Waals surface area (Å²) in [5.41, 5.74) is 11.9. The SMILES string of the molecule is C=N/C(C)=C(\N)CN1CCc2cc(OC)c(OC)cc2C1c1ccc(C(=O)N(CC)CC)cc1. The van der Waals surface area contributed by atoms with E-state index in [1.165, 1.54) is 5.56 Å². The van der Waals surface area contributed by atoms with Crippen molar-refractivity contribution < 1.29 is 14.3 Å². The molecule has 3 rings (SSSR count). The lowest BCUT2D eigenvalue weighted by atomic mass is 9.87. The Morgan fingerprint density at radius 1 is 1.15 bits per heavy atom. The van der Waals surface area contributed by atoms with E-state index < -0.39 is 0 Å². The van der Waals surface area contributed by atoms with E-state index in [-0.39, 0.29) is 11.9 Å². The molecule has 0 aromatic heterocycles. The van der Waals surface area contributed by atoms with Crippen molar-refractivity contribution in [2.24, 2.45) is 10.7 Å². The molecule has 1 atom stereocenters. The number of methoxy groups -OCH3 is 2. The minimum Gasteiger partial charge on any atom is -0.493 e. The number of nitrogens with zero attached hydrogens (tertiary/aromatic N) is 3. The summed E-state index contributed by atoms with van der Waals surface area (Å²) in [5.74, 6) is 1.46. The number of ether oxygens (including phenoxy) is 2. The van der Waals surface area contributed by atoms with E-state index in [1.807, 2.05) is 49.9 Å². The zero-order valence-corrected chi connectivity index (χ0v) is 20.9. The molecule has 0 saturated carbocycles. The van der Waals surface area contributed by atoms with Crippen molar-refractivity contribution in [1.29, 1.82) is 0 Å². The highest BCUT2D eigenvalue weighted by Crippen LogP contribution is 2.41. The van der Waals surface area contributed by atoms with Gasteiger partial charge in [0.25, 0.3) is 5.91 Å². The lowest BCUT2D eigenvalue weighted by Gasteiger charge is -2.38. The summed E-state index contributed by atoms with van der Waals surface area (Å²) in [5, 5.41) is 0. The average molecular weight is 465 g/mol. The summed E-state index contributed by atoms with van der Waals surface area (Å²) < 4.78 is 11.1. The van der Waals surface area contributed by atoms with Gasteiger partial charge in [-0.15, -0.1) is 0 Å². The van der Waals surface area contributed by atoms with Crippen LogP contribution in [0.15, 0.2) is 52.8 Å². The number of hydrogen-bond acceptors (Lipinski definition) is 6. The number of hydrogen-bond donors (Lipinski definition) is 1. The topological polar surface area (TPSA) is 80.4 Å². The lowest BCUT2D eigenvalue weighted by molar-refractivity contribution is 0.0773. The van der Waals surface area contributed by atoms with Gasteiger partial charge < -0.3 is 20.1 Å². The molecule has 0 spiro atoms. The van der Waals surface area contributed by atoms with Crippen LogP contribution in [0.4, 0.5) is 0 Å². The zero-order chi connectivity index (χ0) is 24.8. The number of aliphatic imine (C=N–C) groups is 1. The largest absolute Gasteiger partial charge is 0.493 e. The first-order valence-corrected chi connectivity index (χ1v) is 11.7. The maximum atomic E-state index is 12.8. The Hall–Kier alpha value is -3.32. The van der Waals surface area contributed by atoms with Crippen LogP contribution in [0.1, 0.15) is 53.9 Å². The van der Waals surface area contributed by atoms with Crippen LogP contribution in [-0.2, 0) is 6.42 Å². The Bertz CT molecular complexity index is 1060. The molecule has 2 aromatic rings. The second-order valence-electron chi connectivity index (χ2n) is 8.40. The molecule has 0 aliphatic carbocycles. The van der Waals surface area contributed by atoms with E-state index in [2.05, 4.69) is 28.7 Å². The van der Waals surface area contributed by atoms with Gasteiger partial charge in [-0.2, -0.15) is 0 Å². The number of benzene rings is 2. The summed E-state index contributed by atoms with van der Waals surface area (Å²) in [4.78, 5) is 21.0. The van der Waals surface area contributed by atoms with Gasteiger partial charge in [-0.1, -0.05) is 12.1 Å². The molecule has 1 amide bonds.